The maximum Gasteiger partial charge on any atom is 0.337 e. The fourth-order valence-corrected chi connectivity index (χ4v) is 2.57. The fraction of sp³-hybridized carbons (Fsp3) is 0.176. The number of ether oxygens (including phenoxy) is 1. The molecule has 2 aromatic rings. The predicted octanol–water partition coefficient (Wildman–Crippen LogP) is 2.62. The third kappa shape index (κ3) is 4.84. The van der Waals surface area contributed by atoms with Crippen LogP contribution >= 0.6 is 0 Å². The number of hydrogen-bond donors (Lipinski definition) is 1. The van der Waals surface area contributed by atoms with Crippen LogP contribution in [0.15, 0.2) is 48.5 Å². The van der Waals surface area contributed by atoms with Crippen molar-refractivity contribution >= 4 is 22.8 Å². The normalized spacial score (nSPS) is 11.7. The van der Waals surface area contributed by atoms with Gasteiger partial charge in [0, 0.05) is 12.0 Å². The third-order valence-corrected chi connectivity index (χ3v) is 3.89. The molecular weight excluding hydrogens is 316 g/mol. The highest BCUT2D eigenvalue weighted by Gasteiger charge is 2.10. The minimum atomic E-state index is -1.88. The molecule has 0 saturated heterocycles. The van der Waals surface area contributed by atoms with Crippen LogP contribution in [0.5, 0.6) is 0 Å². The van der Waals surface area contributed by atoms with Gasteiger partial charge < -0.3 is 9.29 Å². The quantitative estimate of drug-likeness (QED) is 0.500. The summed E-state index contributed by atoms with van der Waals surface area (Å²) >= 11 is -1.88. The van der Waals surface area contributed by atoms with E-state index in [1.54, 1.807) is 48.5 Å². The monoisotopic (exact) mass is 332 g/mol. The van der Waals surface area contributed by atoms with Crippen LogP contribution in [0.4, 0.5) is 0 Å². The van der Waals surface area contributed by atoms with Crippen molar-refractivity contribution in [1.29, 1.82) is 0 Å². The van der Waals surface area contributed by atoms with E-state index in [-0.39, 0.29) is 18.0 Å². The first-order valence-corrected chi connectivity index (χ1v) is 8.14. The number of Topliss-reactive ketones (excluding diaryl/α,β-unsaturated/α-hetero) is 1. The summed E-state index contributed by atoms with van der Waals surface area (Å²) in [4.78, 5) is 23.6. The van der Waals surface area contributed by atoms with Gasteiger partial charge in [-0.1, -0.05) is 36.4 Å². The molecule has 120 valence electrons. The highest BCUT2D eigenvalue weighted by atomic mass is 32.2. The van der Waals surface area contributed by atoms with Crippen LogP contribution in [0.25, 0.3) is 0 Å². The molecule has 0 radical (unpaired) electrons. The van der Waals surface area contributed by atoms with E-state index < -0.39 is 17.0 Å². The summed E-state index contributed by atoms with van der Waals surface area (Å²) in [5, 5.41) is 0. The fourth-order valence-electron chi connectivity index (χ4n) is 2.09. The van der Waals surface area contributed by atoms with Gasteiger partial charge in [-0.15, -0.1) is 0 Å². The number of benzene rings is 2. The Kier molecular flexibility index (Phi) is 5.78. The summed E-state index contributed by atoms with van der Waals surface area (Å²) in [7, 11) is 1.30. The van der Waals surface area contributed by atoms with E-state index in [4.69, 9.17) is 4.55 Å². The zero-order chi connectivity index (χ0) is 16.8. The summed E-state index contributed by atoms with van der Waals surface area (Å²) in [5.74, 6) is -0.441. The van der Waals surface area contributed by atoms with Crippen molar-refractivity contribution in [2.75, 3.05) is 7.11 Å². The Morgan fingerprint density at radius 1 is 0.957 bits per heavy atom. The Balaban J connectivity index is 2.03. The molecule has 0 spiro atoms. The number of ketones is 1. The van der Waals surface area contributed by atoms with Crippen LogP contribution < -0.4 is 0 Å². The van der Waals surface area contributed by atoms with Crippen LogP contribution in [0.1, 0.15) is 31.8 Å². The first-order valence-electron chi connectivity index (χ1n) is 6.86. The maximum atomic E-state index is 12.2. The Bertz CT molecular complexity index is 720. The maximum absolute atomic E-state index is 12.2. The van der Waals surface area contributed by atoms with E-state index in [1.807, 2.05) is 0 Å². The zero-order valence-electron chi connectivity index (χ0n) is 12.5. The predicted molar refractivity (Wildman–Crippen MR) is 86.7 cm³/mol. The molecule has 23 heavy (non-hydrogen) atoms. The molecular formula is C17H16O5S. The van der Waals surface area contributed by atoms with E-state index in [1.165, 1.54) is 7.11 Å². The number of esters is 1. The van der Waals surface area contributed by atoms with Gasteiger partial charge in [0.05, 0.1) is 18.4 Å². The van der Waals surface area contributed by atoms with Crippen LogP contribution in [-0.4, -0.2) is 27.6 Å². The van der Waals surface area contributed by atoms with E-state index in [9.17, 15) is 13.8 Å². The average molecular weight is 332 g/mol. The Hall–Kier alpha value is -2.31. The number of methoxy groups -OCH3 is 1. The minimum absolute atomic E-state index is 0.0695. The molecule has 2 aromatic carbocycles. The van der Waals surface area contributed by atoms with E-state index in [0.717, 1.165) is 11.1 Å². The summed E-state index contributed by atoms with van der Waals surface area (Å²) in [6.07, 6.45) is 0.222. The lowest BCUT2D eigenvalue weighted by Gasteiger charge is -2.04. The van der Waals surface area contributed by atoms with Gasteiger partial charge in [0.1, 0.15) is 0 Å². The van der Waals surface area contributed by atoms with Gasteiger partial charge in [0.2, 0.25) is 0 Å². The molecule has 0 bridgehead atoms. The lowest BCUT2D eigenvalue weighted by Crippen LogP contribution is -2.06. The lowest BCUT2D eigenvalue weighted by atomic mass is 10.0. The topological polar surface area (TPSA) is 80.7 Å². The van der Waals surface area contributed by atoms with Crippen molar-refractivity contribution in [3.63, 3.8) is 0 Å². The van der Waals surface area contributed by atoms with Gasteiger partial charge in [-0.2, -0.15) is 0 Å². The highest BCUT2D eigenvalue weighted by molar-refractivity contribution is 7.78. The van der Waals surface area contributed by atoms with Crippen LogP contribution in [0, 0.1) is 0 Å². The summed E-state index contributed by atoms with van der Waals surface area (Å²) in [6.45, 7) is 0. The number of carbonyl (C=O) groups is 2. The van der Waals surface area contributed by atoms with Gasteiger partial charge in [-0.3, -0.25) is 4.79 Å². The molecule has 2 rings (SSSR count). The van der Waals surface area contributed by atoms with Gasteiger partial charge in [0.25, 0.3) is 0 Å². The molecule has 0 aliphatic rings. The Labute approximate surface area is 136 Å². The van der Waals surface area contributed by atoms with Crippen molar-refractivity contribution in [3.05, 3.63) is 70.8 Å². The van der Waals surface area contributed by atoms with Gasteiger partial charge in [-0.05, 0) is 23.3 Å². The number of carbonyl (C=O) groups excluding carboxylic acids is 2. The smallest absolute Gasteiger partial charge is 0.337 e. The first-order chi connectivity index (χ1) is 11.0. The summed E-state index contributed by atoms with van der Waals surface area (Å²) in [5.41, 5.74) is 2.47. The molecule has 0 saturated carbocycles. The van der Waals surface area contributed by atoms with Gasteiger partial charge >= 0.3 is 5.97 Å². The molecule has 0 aromatic heterocycles. The van der Waals surface area contributed by atoms with Gasteiger partial charge in [-0.25, -0.2) is 9.00 Å². The second-order valence-corrected chi connectivity index (χ2v) is 5.88. The van der Waals surface area contributed by atoms with Crippen LogP contribution in [-0.2, 0) is 28.0 Å². The second-order valence-electron chi connectivity index (χ2n) is 4.95. The van der Waals surface area contributed by atoms with E-state index >= 15 is 0 Å². The zero-order valence-corrected chi connectivity index (χ0v) is 13.3. The highest BCUT2D eigenvalue weighted by Crippen LogP contribution is 2.12. The third-order valence-electron chi connectivity index (χ3n) is 3.31. The molecule has 0 fully saturated rings. The largest absolute Gasteiger partial charge is 0.465 e. The molecule has 1 unspecified atom stereocenters. The molecule has 0 amide bonds. The Morgan fingerprint density at radius 2 is 1.48 bits per heavy atom. The number of rotatable bonds is 6. The van der Waals surface area contributed by atoms with Crippen molar-refractivity contribution in [2.24, 2.45) is 0 Å². The second kappa shape index (κ2) is 7.80. The molecule has 0 aliphatic heterocycles. The van der Waals surface area contributed by atoms with Gasteiger partial charge in [0.15, 0.2) is 16.9 Å². The molecule has 6 heteroatoms. The van der Waals surface area contributed by atoms with E-state index in [0.29, 0.717) is 11.1 Å². The molecule has 1 N–H and O–H groups in total. The van der Waals surface area contributed by atoms with Crippen LogP contribution in [0.2, 0.25) is 0 Å². The number of hydrogen-bond acceptors (Lipinski definition) is 4. The summed E-state index contributed by atoms with van der Waals surface area (Å²) < 4.78 is 24.2. The summed E-state index contributed by atoms with van der Waals surface area (Å²) in [6, 6.07) is 13.3. The van der Waals surface area contributed by atoms with Crippen molar-refractivity contribution in [3.8, 4) is 0 Å². The molecule has 5 nitrogen and oxygen atoms in total. The van der Waals surface area contributed by atoms with Crippen LogP contribution in [0.3, 0.4) is 0 Å². The average Bonchev–Trinajstić information content (AvgIpc) is 2.55. The lowest BCUT2D eigenvalue weighted by molar-refractivity contribution is 0.0600. The van der Waals surface area contributed by atoms with E-state index in [2.05, 4.69) is 4.74 Å². The molecule has 0 aliphatic carbocycles. The SMILES string of the molecule is COC(=O)c1ccc(C(=O)Cc2ccc(CS(=O)O)cc2)cc1. The van der Waals surface area contributed by atoms with Crippen molar-refractivity contribution < 1.29 is 23.1 Å². The van der Waals surface area contributed by atoms with Crippen molar-refractivity contribution in [1.82, 2.24) is 0 Å². The molecule has 0 heterocycles. The standard InChI is InChI=1S/C17H16O5S/c1-22-17(19)15-8-6-14(7-9-15)16(18)10-12-2-4-13(5-3-12)11-23(20)21/h2-9H,10-11H2,1H3,(H,20,21). The minimum Gasteiger partial charge on any atom is -0.465 e. The first kappa shape index (κ1) is 17.1. The Morgan fingerprint density at radius 3 is 2.00 bits per heavy atom. The van der Waals surface area contributed by atoms with Crippen molar-refractivity contribution in [2.45, 2.75) is 12.2 Å². The molecule has 1 atom stereocenters.